The van der Waals surface area contributed by atoms with Crippen LogP contribution in [0.2, 0.25) is 19.6 Å². The first-order valence-corrected chi connectivity index (χ1v) is 9.29. The largest absolute Gasteiger partial charge is 0.544 e. The van der Waals surface area contributed by atoms with Gasteiger partial charge >= 0.3 is 5.97 Å². The SMILES string of the molecule is CCCOC(=O)c1ccc(O[Si](C)(C)C)cc1. The summed E-state index contributed by atoms with van der Waals surface area (Å²) in [6, 6.07) is 7.13. The van der Waals surface area contributed by atoms with E-state index in [0.717, 1.165) is 12.2 Å². The van der Waals surface area contributed by atoms with Gasteiger partial charge in [-0.1, -0.05) is 6.92 Å². The second-order valence-corrected chi connectivity index (χ2v) is 9.30. The zero-order valence-corrected chi connectivity index (χ0v) is 11.9. The zero-order chi connectivity index (χ0) is 12.9. The standard InChI is InChI=1S/C13H20O3Si/c1-5-10-15-13(14)11-6-8-12(9-7-11)16-17(2,3)4/h6-9H,5,10H2,1-4H3. The van der Waals surface area contributed by atoms with Crippen LogP contribution in [0.3, 0.4) is 0 Å². The Morgan fingerprint density at radius 1 is 1.18 bits per heavy atom. The molecule has 0 N–H and O–H groups in total. The van der Waals surface area contributed by atoms with Gasteiger partial charge in [0.25, 0.3) is 0 Å². The molecule has 0 unspecified atom stereocenters. The quantitative estimate of drug-likeness (QED) is 0.594. The fourth-order valence-electron chi connectivity index (χ4n) is 1.29. The van der Waals surface area contributed by atoms with E-state index in [2.05, 4.69) is 19.6 Å². The van der Waals surface area contributed by atoms with Crippen LogP contribution in [0.4, 0.5) is 0 Å². The highest BCUT2D eigenvalue weighted by Crippen LogP contribution is 2.17. The van der Waals surface area contributed by atoms with Gasteiger partial charge in [-0.15, -0.1) is 0 Å². The van der Waals surface area contributed by atoms with E-state index >= 15 is 0 Å². The van der Waals surface area contributed by atoms with Gasteiger partial charge in [0.15, 0.2) is 0 Å². The molecule has 0 bridgehead atoms. The van der Waals surface area contributed by atoms with Crippen molar-refractivity contribution in [3.05, 3.63) is 29.8 Å². The fraction of sp³-hybridized carbons (Fsp3) is 0.462. The van der Waals surface area contributed by atoms with Crippen molar-refractivity contribution in [2.24, 2.45) is 0 Å². The minimum atomic E-state index is -1.58. The summed E-state index contributed by atoms with van der Waals surface area (Å²) in [4.78, 5) is 11.5. The summed E-state index contributed by atoms with van der Waals surface area (Å²) in [7, 11) is -1.58. The van der Waals surface area contributed by atoms with Gasteiger partial charge in [-0.25, -0.2) is 4.79 Å². The molecule has 0 saturated heterocycles. The number of carbonyl (C=O) groups is 1. The van der Waals surface area contributed by atoms with E-state index in [9.17, 15) is 4.79 Å². The van der Waals surface area contributed by atoms with E-state index in [1.165, 1.54) is 0 Å². The molecule has 0 heterocycles. The molecule has 4 heteroatoms. The summed E-state index contributed by atoms with van der Waals surface area (Å²) in [6.07, 6.45) is 0.836. The van der Waals surface area contributed by atoms with Crippen molar-refractivity contribution < 1.29 is 14.0 Å². The highest BCUT2D eigenvalue weighted by atomic mass is 28.4. The van der Waals surface area contributed by atoms with Crippen LogP contribution < -0.4 is 4.43 Å². The Hall–Kier alpha value is -1.29. The molecule has 17 heavy (non-hydrogen) atoms. The van der Waals surface area contributed by atoms with Crippen LogP contribution in [0.15, 0.2) is 24.3 Å². The number of esters is 1. The maximum Gasteiger partial charge on any atom is 0.338 e. The van der Waals surface area contributed by atoms with Gasteiger partial charge in [-0.3, -0.25) is 0 Å². The van der Waals surface area contributed by atoms with E-state index in [-0.39, 0.29) is 5.97 Å². The molecule has 0 amide bonds. The number of benzene rings is 1. The Morgan fingerprint density at radius 3 is 2.24 bits per heavy atom. The first-order valence-electron chi connectivity index (χ1n) is 5.88. The molecule has 0 radical (unpaired) electrons. The molecule has 0 spiro atoms. The van der Waals surface area contributed by atoms with Gasteiger partial charge in [-0.2, -0.15) is 0 Å². The monoisotopic (exact) mass is 252 g/mol. The lowest BCUT2D eigenvalue weighted by molar-refractivity contribution is 0.0505. The maximum absolute atomic E-state index is 11.5. The molecular formula is C13H20O3Si. The van der Waals surface area contributed by atoms with Gasteiger partial charge in [0, 0.05) is 0 Å². The third-order valence-electron chi connectivity index (χ3n) is 1.95. The van der Waals surface area contributed by atoms with Crippen LogP contribution in [0.5, 0.6) is 5.75 Å². The minimum absolute atomic E-state index is 0.272. The number of carbonyl (C=O) groups excluding carboxylic acids is 1. The number of hydrogen-bond donors (Lipinski definition) is 0. The van der Waals surface area contributed by atoms with Gasteiger partial charge in [-0.05, 0) is 50.3 Å². The molecule has 0 aliphatic rings. The smallest absolute Gasteiger partial charge is 0.338 e. The van der Waals surface area contributed by atoms with Crippen molar-refractivity contribution in [2.75, 3.05) is 6.61 Å². The molecule has 0 atom stereocenters. The van der Waals surface area contributed by atoms with Crippen molar-refractivity contribution in [1.82, 2.24) is 0 Å². The third kappa shape index (κ3) is 5.04. The van der Waals surface area contributed by atoms with Crippen molar-refractivity contribution in [3.8, 4) is 5.75 Å². The van der Waals surface area contributed by atoms with Crippen LogP contribution in [0.25, 0.3) is 0 Å². The van der Waals surface area contributed by atoms with Crippen molar-refractivity contribution in [1.29, 1.82) is 0 Å². The average molecular weight is 252 g/mol. The second-order valence-electron chi connectivity index (χ2n) is 4.87. The lowest BCUT2D eigenvalue weighted by atomic mass is 10.2. The Balaban J connectivity index is 2.64. The number of rotatable bonds is 5. The number of hydrogen-bond acceptors (Lipinski definition) is 3. The Morgan fingerprint density at radius 2 is 1.76 bits per heavy atom. The molecule has 3 nitrogen and oxygen atoms in total. The minimum Gasteiger partial charge on any atom is -0.544 e. The Bertz CT molecular complexity index is 365. The predicted octanol–water partition coefficient (Wildman–Crippen LogP) is 3.47. The van der Waals surface area contributed by atoms with Crippen molar-refractivity contribution in [2.45, 2.75) is 33.0 Å². The highest BCUT2D eigenvalue weighted by Gasteiger charge is 2.16. The summed E-state index contributed by atoms with van der Waals surface area (Å²) in [5, 5.41) is 0. The Kier molecular flexibility index (Phi) is 4.75. The second kappa shape index (κ2) is 5.86. The zero-order valence-electron chi connectivity index (χ0n) is 10.9. The molecule has 94 valence electrons. The number of ether oxygens (including phenoxy) is 1. The van der Waals surface area contributed by atoms with E-state index in [4.69, 9.17) is 9.16 Å². The van der Waals surface area contributed by atoms with E-state index in [1.54, 1.807) is 12.1 Å². The summed E-state index contributed by atoms with van der Waals surface area (Å²) < 4.78 is 10.9. The van der Waals surface area contributed by atoms with Gasteiger partial charge in [0.05, 0.1) is 12.2 Å². The van der Waals surface area contributed by atoms with Crippen LogP contribution >= 0.6 is 0 Å². The van der Waals surface area contributed by atoms with Crippen LogP contribution in [0.1, 0.15) is 23.7 Å². The molecule has 0 aliphatic carbocycles. The maximum atomic E-state index is 11.5. The highest BCUT2D eigenvalue weighted by molar-refractivity contribution is 6.70. The van der Waals surface area contributed by atoms with Gasteiger partial charge < -0.3 is 9.16 Å². The first-order chi connectivity index (χ1) is 7.92. The van der Waals surface area contributed by atoms with Gasteiger partial charge in [0.1, 0.15) is 5.75 Å². The lowest BCUT2D eigenvalue weighted by Gasteiger charge is -2.19. The van der Waals surface area contributed by atoms with E-state index in [0.29, 0.717) is 12.2 Å². The topological polar surface area (TPSA) is 35.5 Å². The lowest BCUT2D eigenvalue weighted by Crippen LogP contribution is -2.29. The molecular weight excluding hydrogens is 232 g/mol. The third-order valence-corrected chi connectivity index (χ3v) is 2.80. The first kappa shape index (κ1) is 13.8. The molecule has 0 aromatic heterocycles. The predicted molar refractivity (Wildman–Crippen MR) is 71.0 cm³/mol. The molecule has 0 saturated carbocycles. The molecule has 1 aromatic carbocycles. The molecule has 0 aliphatic heterocycles. The van der Waals surface area contributed by atoms with Crippen molar-refractivity contribution in [3.63, 3.8) is 0 Å². The van der Waals surface area contributed by atoms with Crippen LogP contribution in [-0.4, -0.2) is 20.9 Å². The fourth-order valence-corrected chi connectivity index (χ4v) is 2.13. The van der Waals surface area contributed by atoms with E-state index < -0.39 is 8.32 Å². The van der Waals surface area contributed by atoms with Crippen LogP contribution in [-0.2, 0) is 4.74 Å². The average Bonchev–Trinajstić information content (AvgIpc) is 2.24. The summed E-state index contributed by atoms with van der Waals surface area (Å²) in [5.74, 6) is 0.544. The summed E-state index contributed by atoms with van der Waals surface area (Å²) in [6.45, 7) is 8.80. The molecule has 1 rings (SSSR count). The van der Waals surface area contributed by atoms with Gasteiger partial charge in [0.2, 0.25) is 8.32 Å². The Labute approximate surface area is 104 Å². The summed E-state index contributed by atoms with van der Waals surface area (Å²) in [5.41, 5.74) is 0.571. The normalized spacial score (nSPS) is 11.1. The molecule has 1 aromatic rings. The molecule has 0 fully saturated rings. The van der Waals surface area contributed by atoms with Crippen molar-refractivity contribution >= 4 is 14.3 Å². The summed E-state index contributed by atoms with van der Waals surface area (Å²) >= 11 is 0. The van der Waals surface area contributed by atoms with E-state index in [1.807, 2.05) is 19.1 Å². The van der Waals surface area contributed by atoms with Crippen LogP contribution in [0, 0.1) is 0 Å².